The molecule has 2 aromatic rings. The number of sulfonamides is 1. The third-order valence-electron chi connectivity index (χ3n) is 5.08. The lowest BCUT2D eigenvalue weighted by atomic mass is 10.1. The summed E-state index contributed by atoms with van der Waals surface area (Å²) < 4.78 is 32.6. The molecule has 2 heterocycles. The minimum absolute atomic E-state index is 0.0117. The summed E-state index contributed by atoms with van der Waals surface area (Å²) in [7, 11) is -4.38. The lowest BCUT2D eigenvalue weighted by Crippen LogP contribution is -2.50. The molecule has 1 fully saturated rings. The molecule has 0 saturated carbocycles. The average molecular weight is 474 g/mol. The van der Waals surface area contributed by atoms with Crippen molar-refractivity contribution in [1.82, 2.24) is 14.6 Å². The van der Waals surface area contributed by atoms with Gasteiger partial charge in [-0.3, -0.25) is 14.4 Å². The van der Waals surface area contributed by atoms with Crippen LogP contribution in [0.4, 0.5) is 0 Å². The van der Waals surface area contributed by atoms with Crippen molar-refractivity contribution < 1.29 is 27.5 Å². The van der Waals surface area contributed by atoms with Gasteiger partial charge in [-0.1, -0.05) is 24.3 Å². The van der Waals surface area contributed by atoms with Crippen molar-refractivity contribution in [1.29, 1.82) is 0 Å². The lowest BCUT2D eigenvalue weighted by Gasteiger charge is -2.28. The molecule has 1 radical (unpaired) electrons. The van der Waals surface area contributed by atoms with Crippen LogP contribution < -0.4 is 11.1 Å². The van der Waals surface area contributed by atoms with E-state index in [0.717, 1.165) is 6.42 Å². The van der Waals surface area contributed by atoms with Gasteiger partial charge >= 0.3 is 0 Å². The summed E-state index contributed by atoms with van der Waals surface area (Å²) in [5.41, 5.74) is 6.17. The van der Waals surface area contributed by atoms with Crippen molar-refractivity contribution in [2.24, 2.45) is 5.73 Å². The summed E-state index contributed by atoms with van der Waals surface area (Å²) in [4.78, 5) is 41.0. The molecule has 0 bridgehead atoms. The molecule has 3 rings (SSSR count). The molecule has 175 valence electrons. The van der Waals surface area contributed by atoms with Gasteiger partial charge in [0.2, 0.25) is 11.8 Å². The van der Waals surface area contributed by atoms with Gasteiger partial charge in [0.15, 0.2) is 10.8 Å². The first-order valence-electron chi connectivity index (χ1n) is 10.3. The Kier molecular flexibility index (Phi) is 8.26. The number of amides is 2. The molecule has 1 saturated heterocycles. The van der Waals surface area contributed by atoms with E-state index in [1.807, 2.05) is 0 Å². The summed E-state index contributed by atoms with van der Waals surface area (Å²) in [5.74, 6) is -1.89. The molecular weight excluding hydrogens is 448 g/mol. The maximum atomic E-state index is 13.3. The van der Waals surface area contributed by atoms with Gasteiger partial charge < -0.3 is 15.8 Å². The first kappa shape index (κ1) is 24.5. The summed E-state index contributed by atoms with van der Waals surface area (Å²) in [5, 5.41) is 2.60. The zero-order valence-corrected chi connectivity index (χ0v) is 18.7. The molecule has 1 aromatic heterocycles. The molecule has 0 unspecified atom stereocenters. The Bertz CT molecular complexity index is 1110. The number of benzene rings is 1. The second kappa shape index (κ2) is 11.1. The Hall–Kier alpha value is -3.15. The molecule has 3 N–H and O–H groups in total. The van der Waals surface area contributed by atoms with E-state index in [4.69, 9.17) is 10.5 Å². The fraction of sp³-hybridized carbons (Fsp3) is 0.318. The Morgan fingerprint density at radius 3 is 2.70 bits per heavy atom. The third kappa shape index (κ3) is 6.01. The zero-order valence-electron chi connectivity index (χ0n) is 17.8. The number of aromatic nitrogens is 1. The molecule has 0 aliphatic carbocycles. The summed E-state index contributed by atoms with van der Waals surface area (Å²) in [6.07, 6.45) is 3.08. The van der Waals surface area contributed by atoms with E-state index in [9.17, 15) is 22.8 Å². The SMILES string of the molecule is NC(=O)c1ccccc1COC[CH]C(=O)N([C@H]1CCCNCC1=O)S(=O)(=O)c1ccccn1. The first-order chi connectivity index (χ1) is 15.8. The van der Waals surface area contributed by atoms with Crippen LogP contribution >= 0.6 is 0 Å². The summed E-state index contributed by atoms with van der Waals surface area (Å²) in [6, 6.07) is 9.76. The van der Waals surface area contributed by atoms with Gasteiger partial charge in [0.1, 0.15) is 6.04 Å². The number of carbonyl (C=O) groups is 3. The molecular formula is C22H25N4O6S. The zero-order chi connectivity index (χ0) is 23.8. The van der Waals surface area contributed by atoms with Crippen LogP contribution in [-0.4, -0.2) is 61.0 Å². The van der Waals surface area contributed by atoms with Gasteiger partial charge in [0.25, 0.3) is 10.0 Å². The number of nitrogens with two attached hydrogens (primary N) is 1. The lowest BCUT2D eigenvalue weighted by molar-refractivity contribution is -0.131. The molecule has 33 heavy (non-hydrogen) atoms. The summed E-state index contributed by atoms with van der Waals surface area (Å²) in [6.45, 7) is 0.258. The van der Waals surface area contributed by atoms with Crippen molar-refractivity contribution in [3.05, 3.63) is 66.2 Å². The molecule has 1 aliphatic rings. The van der Waals surface area contributed by atoms with Crippen LogP contribution in [0, 0.1) is 6.42 Å². The minimum atomic E-state index is -4.38. The monoisotopic (exact) mass is 473 g/mol. The predicted molar refractivity (Wildman–Crippen MR) is 118 cm³/mol. The van der Waals surface area contributed by atoms with Crippen LogP contribution in [0.3, 0.4) is 0 Å². The van der Waals surface area contributed by atoms with Gasteiger partial charge in [0.05, 0.1) is 26.2 Å². The molecule has 1 aromatic carbocycles. The topological polar surface area (TPSA) is 149 Å². The smallest absolute Gasteiger partial charge is 0.284 e. The highest BCUT2D eigenvalue weighted by Gasteiger charge is 2.40. The number of carbonyl (C=O) groups excluding carboxylic acids is 3. The number of pyridine rings is 1. The van der Waals surface area contributed by atoms with E-state index in [-0.39, 0.29) is 31.2 Å². The fourth-order valence-corrected chi connectivity index (χ4v) is 4.99. The van der Waals surface area contributed by atoms with E-state index in [1.54, 1.807) is 30.3 Å². The highest BCUT2D eigenvalue weighted by molar-refractivity contribution is 7.89. The molecule has 0 spiro atoms. The van der Waals surface area contributed by atoms with Gasteiger partial charge in [-0.25, -0.2) is 9.29 Å². The molecule has 10 nitrogen and oxygen atoms in total. The molecule has 1 aliphatic heterocycles. The summed E-state index contributed by atoms with van der Waals surface area (Å²) >= 11 is 0. The van der Waals surface area contributed by atoms with Gasteiger partial charge in [-0.05, 0) is 43.1 Å². The average Bonchev–Trinajstić information content (AvgIpc) is 3.02. The van der Waals surface area contributed by atoms with Crippen LogP contribution in [0.25, 0.3) is 0 Å². The van der Waals surface area contributed by atoms with Crippen LogP contribution in [-0.2, 0) is 31.0 Å². The number of ketones is 1. The molecule has 11 heteroatoms. The number of ether oxygens (including phenoxy) is 1. The van der Waals surface area contributed by atoms with Crippen LogP contribution in [0.15, 0.2) is 53.7 Å². The van der Waals surface area contributed by atoms with Gasteiger partial charge in [0, 0.05) is 11.8 Å². The number of nitrogens with zero attached hydrogens (tertiary/aromatic N) is 2. The third-order valence-corrected chi connectivity index (χ3v) is 6.80. The standard InChI is InChI=1S/C22H25N4O6S/c23-22(29)17-7-2-1-6-16(17)15-32-13-10-21(28)26(18-8-5-11-24-14-19(18)27)33(30,31)20-9-3-4-12-25-20/h1-4,6-7,9-10,12,18,24H,5,8,11,13-15H2,(H2,23,29)/t18-/m0/s1. The van der Waals surface area contributed by atoms with Crippen molar-refractivity contribution >= 4 is 27.6 Å². The Balaban J connectivity index is 1.76. The van der Waals surface area contributed by atoms with E-state index in [1.165, 1.54) is 18.3 Å². The van der Waals surface area contributed by atoms with Crippen LogP contribution in [0.5, 0.6) is 0 Å². The maximum Gasteiger partial charge on any atom is 0.284 e. The van der Waals surface area contributed by atoms with E-state index in [2.05, 4.69) is 10.3 Å². The number of hydrogen-bond acceptors (Lipinski definition) is 8. The van der Waals surface area contributed by atoms with E-state index >= 15 is 0 Å². The molecule has 2 amide bonds. The minimum Gasteiger partial charge on any atom is -0.376 e. The fourth-order valence-electron chi connectivity index (χ4n) is 3.47. The van der Waals surface area contributed by atoms with Crippen molar-refractivity contribution in [3.63, 3.8) is 0 Å². The Labute approximate surface area is 192 Å². The second-order valence-electron chi connectivity index (χ2n) is 7.35. The van der Waals surface area contributed by atoms with E-state index < -0.39 is 33.7 Å². The number of Topliss-reactive ketones (excluding diaryl/α,β-unsaturated/α-hetero) is 1. The van der Waals surface area contributed by atoms with Crippen LogP contribution in [0.2, 0.25) is 0 Å². The highest BCUT2D eigenvalue weighted by Crippen LogP contribution is 2.22. The molecule has 1 atom stereocenters. The van der Waals surface area contributed by atoms with Gasteiger partial charge in [-0.15, -0.1) is 0 Å². The number of rotatable bonds is 9. The Morgan fingerprint density at radius 2 is 1.97 bits per heavy atom. The van der Waals surface area contributed by atoms with Gasteiger partial charge in [-0.2, -0.15) is 8.42 Å². The second-order valence-corrected chi connectivity index (χ2v) is 9.11. The highest BCUT2D eigenvalue weighted by atomic mass is 32.2. The first-order valence-corrected chi connectivity index (χ1v) is 11.8. The Morgan fingerprint density at radius 1 is 1.21 bits per heavy atom. The van der Waals surface area contributed by atoms with Crippen molar-refractivity contribution in [2.45, 2.75) is 30.5 Å². The number of hydrogen-bond donors (Lipinski definition) is 2. The predicted octanol–water partition coefficient (Wildman–Crippen LogP) is 0.440. The van der Waals surface area contributed by atoms with Crippen LogP contribution in [0.1, 0.15) is 28.8 Å². The number of nitrogens with one attached hydrogen (secondary N) is 1. The van der Waals surface area contributed by atoms with Crippen molar-refractivity contribution in [2.75, 3.05) is 19.7 Å². The quantitative estimate of drug-likeness (QED) is 0.498. The largest absolute Gasteiger partial charge is 0.376 e. The van der Waals surface area contributed by atoms with E-state index in [0.29, 0.717) is 28.4 Å². The van der Waals surface area contributed by atoms with Crippen molar-refractivity contribution in [3.8, 4) is 0 Å². The number of primary amides is 1. The maximum absolute atomic E-state index is 13.3. The normalized spacial score (nSPS) is 16.7.